The van der Waals surface area contributed by atoms with Crippen LogP contribution in [0.4, 0.5) is 5.69 Å². The largest absolute Gasteiger partial charge is 0.378 e. The van der Waals surface area contributed by atoms with E-state index in [0.29, 0.717) is 0 Å². The summed E-state index contributed by atoms with van der Waals surface area (Å²) in [6.07, 6.45) is 3.63. The van der Waals surface area contributed by atoms with Gasteiger partial charge in [0, 0.05) is 28.6 Å². The molecule has 16 heavy (non-hydrogen) atoms. The van der Waals surface area contributed by atoms with E-state index in [1.807, 2.05) is 36.7 Å². The Morgan fingerprint density at radius 3 is 2.62 bits per heavy atom. The third kappa shape index (κ3) is 2.83. The van der Waals surface area contributed by atoms with E-state index >= 15 is 0 Å². The van der Waals surface area contributed by atoms with E-state index < -0.39 is 0 Å². The number of halogens is 1. The highest BCUT2D eigenvalue weighted by molar-refractivity contribution is 9.10. The molecule has 0 aliphatic carbocycles. The van der Waals surface area contributed by atoms with Gasteiger partial charge in [-0.25, -0.2) is 0 Å². The van der Waals surface area contributed by atoms with Crippen LogP contribution in [0.3, 0.4) is 0 Å². The van der Waals surface area contributed by atoms with Crippen molar-refractivity contribution in [1.82, 2.24) is 4.98 Å². The lowest BCUT2D eigenvalue weighted by atomic mass is 10.1. The van der Waals surface area contributed by atoms with Crippen molar-refractivity contribution < 1.29 is 0 Å². The normalized spacial score (nSPS) is 12.1. The number of anilines is 1. The highest BCUT2D eigenvalue weighted by Gasteiger charge is 2.04. The molecular weight excluding hydrogens is 264 g/mol. The first-order valence-electron chi connectivity index (χ1n) is 5.18. The number of nitrogens with zero attached hydrogens (tertiary/aromatic N) is 1. The van der Waals surface area contributed by atoms with E-state index in [1.54, 1.807) is 0 Å². The van der Waals surface area contributed by atoms with Crippen LogP contribution in [0.2, 0.25) is 0 Å². The number of aromatic nitrogens is 1. The zero-order chi connectivity index (χ0) is 11.4. The second kappa shape index (κ2) is 5.12. The van der Waals surface area contributed by atoms with Crippen molar-refractivity contribution in [2.24, 2.45) is 0 Å². The molecule has 0 spiro atoms. The molecule has 0 bridgehead atoms. The van der Waals surface area contributed by atoms with E-state index in [0.717, 1.165) is 10.2 Å². The minimum absolute atomic E-state index is 0.275. The monoisotopic (exact) mass is 276 g/mol. The lowest BCUT2D eigenvalue weighted by molar-refractivity contribution is 0.880. The van der Waals surface area contributed by atoms with E-state index in [-0.39, 0.29) is 6.04 Å². The van der Waals surface area contributed by atoms with Gasteiger partial charge in [-0.05, 0) is 42.8 Å². The van der Waals surface area contributed by atoms with Crippen molar-refractivity contribution in [3.63, 3.8) is 0 Å². The molecule has 1 aromatic carbocycles. The number of nitrogens with one attached hydrogen (secondary N) is 1. The van der Waals surface area contributed by atoms with Crippen LogP contribution < -0.4 is 5.32 Å². The molecular formula is C13H13BrN2. The molecule has 0 radical (unpaired) electrons. The number of rotatable bonds is 3. The van der Waals surface area contributed by atoms with Crippen molar-refractivity contribution >= 4 is 21.6 Å². The van der Waals surface area contributed by atoms with Gasteiger partial charge in [-0.15, -0.1) is 0 Å². The van der Waals surface area contributed by atoms with Gasteiger partial charge in [-0.1, -0.05) is 22.0 Å². The van der Waals surface area contributed by atoms with E-state index in [2.05, 4.69) is 45.3 Å². The summed E-state index contributed by atoms with van der Waals surface area (Å²) >= 11 is 3.46. The molecule has 2 rings (SSSR count). The third-order valence-corrected chi connectivity index (χ3v) is 2.91. The average Bonchev–Trinajstić information content (AvgIpc) is 2.30. The van der Waals surface area contributed by atoms with Gasteiger partial charge in [-0.2, -0.15) is 0 Å². The summed E-state index contributed by atoms with van der Waals surface area (Å²) in [6.45, 7) is 2.14. The molecule has 1 unspecified atom stereocenters. The van der Waals surface area contributed by atoms with E-state index in [1.165, 1.54) is 5.56 Å². The zero-order valence-corrected chi connectivity index (χ0v) is 10.6. The number of benzene rings is 1. The Morgan fingerprint density at radius 1 is 1.19 bits per heavy atom. The van der Waals surface area contributed by atoms with E-state index in [9.17, 15) is 0 Å². The third-order valence-electron chi connectivity index (χ3n) is 2.41. The standard InChI is InChI=1S/C13H13BrN2/c1-10(11-5-7-15-8-6-11)16-13-4-2-3-12(14)9-13/h2-10,16H,1H3. The minimum Gasteiger partial charge on any atom is -0.378 e. The van der Waals surface area contributed by atoms with Gasteiger partial charge < -0.3 is 5.32 Å². The van der Waals surface area contributed by atoms with Crippen LogP contribution in [-0.4, -0.2) is 4.98 Å². The molecule has 1 N–H and O–H groups in total. The lowest BCUT2D eigenvalue weighted by Gasteiger charge is -2.15. The van der Waals surface area contributed by atoms with Crippen molar-refractivity contribution in [2.75, 3.05) is 5.32 Å². The maximum absolute atomic E-state index is 4.01. The molecule has 1 atom stereocenters. The van der Waals surface area contributed by atoms with Crippen LogP contribution in [0.25, 0.3) is 0 Å². The Kier molecular flexibility index (Phi) is 3.57. The molecule has 1 aromatic heterocycles. The Balaban J connectivity index is 2.11. The molecule has 3 heteroatoms. The average molecular weight is 277 g/mol. The van der Waals surface area contributed by atoms with Gasteiger partial charge in [0.25, 0.3) is 0 Å². The van der Waals surface area contributed by atoms with Gasteiger partial charge in [0.1, 0.15) is 0 Å². The van der Waals surface area contributed by atoms with Crippen LogP contribution >= 0.6 is 15.9 Å². The van der Waals surface area contributed by atoms with Crippen LogP contribution in [0, 0.1) is 0 Å². The molecule has 1 heterocycles. The van der Waals surface area contributed by atoms with Gasteiger partial charge in [0.05, 0.1) is 0 Å². The van der Waals surface area contributed by atoms with Crippen LogP contribution in [0.1, 0.15) is 18.5 Å². The van der Waals surface area contributed by atoms with Crippen molar-refractivity contribution in [3.05, 3.63) is 58.8 Å². The number of pyridine rings is 1. The Hall–Kier alpha value is -1.35. The molecule has 0 amide bonds. The van der Waals surface area contributed by atoms with Crippen LogP contribution in [0.5, 0.6) is 0 Å². The first-order valence-corrected chi connectivity index (χ1v) is 5.97. The molecule has 0 aliphatic heterocycles. The molecule has 0 aliphatic rings. The van der Waals surface area contributed by atoms with Crippen molar-refractivity contribution in [2.45, 2.75) is 13.0 Å². The summed E-state index contributed by atoms with van der Waals surface area (Å²) in [6, 6.07) is 12.5. The summed E-state index contributed by atoms with van der Waals surface area (Å²) in [4.78, 5) is 4.01. The van der Waals surface area contributed by atoms with E-state index in [4.69, 9.17) is 0 Å². The molecule has 0 saturated carbocycles. The van der Waals surface area contributed by atoms with Gasteiger partial charge in [-0.3, -0.25) is 4.98 Å². The first kappa shape index (κ1) is 11.1. The lowest BCUT2D eigenvalue weighted by Crippen LogP contribution is -2.06. The molecule has 2 nitrogen and oxygen atoms in total. The Morgan fingerprint density at radius 2 is 1.94 bits per heavy atom. The fraction of sp³-hybridized carbons (Fsp3) is 0.154. The van der Waals surface area contributed by atoms with Crippen LogP contribution in [-0.2, 0) is 0 Å². The topological polar surface area (TPSA) is 24.9 Å². The molecule has 0 fully saturated rings. The minimum atomic E-state index is 0.275. The second-order valence-electron chi connectivity index (χ2n) is 3.66. The summed E-state index contributed by atoms with van der Waals surface area (Å²) in [5, 5.41) is 3.44. The fourth-order valence-corrected chi connectivity index (χ4v) is 1.96. The first-order chi connectivity index (χ1) is 7.75. The van der Waals surface area contributed by atoms with Crippen molar-refractivity contribution in [3.8, 4) is 0 Å². The van der Waals surface area contributed by atoms with Gasteiger partial charge in [0.15, 0.2) is 0 Å². The zero-order valence-electron chi connectivity index (χ0n) is 9.02. The number of hydrogen-bond donors (Lipinski definition) is 1. The maximum Gasteiger partial charge on any atom is 0.0486 e. The number of hydrogen-bond acceptors (Lipinski definition) is 2. The van der Waals surface area contributed by atoms with Crippen molar-refractivity contribution in [1.29, 1.82) is 0 Å². The van der Waals surface area contributed by atoms with Gasteiger partial charge in [0.2, 0.25) is 0 Å². The molecule has 2 aromatic rings. The predicted molar refractivity (Wildman–Crippen MR) is 70.4 cm³/mol. The Bertz CT molecular complexity index is 456. The fourth-order valence-electron chi connectivity index (χ4n) is 1.56. The summed E-state index contributed by atoms with van der Waals surface area (Å²) in [5.41, 5.74) is 2.34. The smallest absolute Gasteiger partial charge is 0.0486 e. The van der Waals surface area contributed by atoms with Gasteiger partial charge >= 0.3 is 0 Å². The molecule has 82 valence electrons. The molecule has 0 saturated heterocycles. The summed E-state index contributed by atoms with van der Waals surface area (Å²) in [7, 11) is 0. The predicted octanol–water partition coefficient (Wildman–Crippen LogP) is 4.02. The Labute approximate surface area is 104 Å². The summed E-state index contributed by atoms with van der Waals surface area (Å²) < 4.78 is 1.08. The maximum atomic E-state index is 4.01. The van der Waals surface area contributed by atoms with Crippen LogP contribution in [0.15, 0.2) is 53.3 Å². The SMILES string of the molecule is CC(Nc1cccc(Br)c1)c1ccncc1. The highest BCUT2D eigenvalue weighted by atomic mass is 79.9. The highest BCUT2D eigenvalue weighted by Crippen LogP contribution is 2.21. The second-order valence-corrected chi connectivity index (χ2v) is 4.57. The quantitative estimate of drug-likeness (QED) is 0.916. The summed E-state index contributed by atoms with van der Waals surface area (Å²) in [5.74, 6) is 0.